The Labute approximate surface area is 107 Å². The van der Waals surface area contributed by atoms with Crippen molar-refractivity contribution in [1.29, 1.82) is 0 Å². The molecule has 102 valence electrons. The van der Waals surface area contributed by atoms with Gasteiger partial charge in [0.25, 0.3) is 0 Å². The molecule has 1 aliphatic rings. The first-order valence-corrected chi connectivity index (χ1v) is 7.19. The maximum absolute atomic E-state index is 10.0. The van der Waals surface area contributed by atoms with Crippen molar-refractivity contribution < 1.29 is 5.11 Å². The molecule has 0 radical (unpaired) electrons. The SMILES string of the molecule is CC1CCC(N(C)CCC(O)C(C)(C)C)CC1. The Hall–Kier alpha value is -0.0800. The van der Waals surface area contributed by atoms with Crippen molar-refractivity contribution in [3.8, 4) is 0 Å². The molecule has 0 aromatic heterocycles. The maximum Gasteiger partial charge on any atom is 0.0600 e. The lowest BCUT2D eigenvalue weighted by Crippen LogP contribution is -2.38. The molecule has 1 saturated carbocycles. The van der Waals surface area contributed by atoms with Gasteiger partial charge in [-0.2, -0.15) is 0 Å². The average Bonchev–Trinajstić information content (AvgIpc) is 2.25. The Morgan fingerprint density at radius 2 is 1.71 bits per heavy atom. The lowest BCUT2D eigenvalue weighted by molar-refractivity contribution is 0.0410. The van der Waals surface area contributed by atoms with Gasteiger partial charge in [0.15, 0.2) is 0 Å². The molecule has 0 bridgehead atoms. The van der Waals surface area contributed by atoms with Crippen LogP contribution >= 0.6 is 0 Å². The van der Waals surface area contributed by atoms with Crippen molar-refractivity contribution >= 4 is 0 Å². The summed E-state index contributed by atoms with van der Waals surface area (Å²) in [4.78, 5) is 2.46. The van der Waals surface area contributed by atoms with Crippen LogP contribution in [0.25, 0.3) is 0 Å². The standard InChI is InChI=1S/C15H31NO/c1-12-6-8-13(9-7-12)16(5)11-10-14(17)15(2,3)4/h12-14,17H,6-11H2,1-5H3. The zero-order valence-corrected chi connectivity index (χ0v) is 12.4. The number of aliphatic hydroxyl groups is 1. The van der Waals surface area contributed by atoms with Crippen LogP contribution < -0.4 is 0 Å². The summed E-state index contributed by atoms with van der Waals surface area (Å²) in [6, 6.07) is 0.748. The number of rotatable bonds is 4. The first-order chi connectivity index (χ1) is 7.80. The Kier molecular flexibility index (Phi) is 5.46. The van der Waals surface area contributed by atoms with E-state index in [2.05, 4.69) is 39.6 Å². The van der Waals surface area contributed by atoms with E-state index in [0.29, 0.717) is 0 Å². The molecule has 2 heteroatoms. The molecule has 17 heavy (non-hydrogen) atoms. The van der Waals surface area contributed by atoms with Crippen molar-refractivity contribution in [3.05, 3.63) is 0 Å². The molecular formula is C15H31NO. The molecule has 2 nitrogen and oxygen atoms in total. The molecule has 1 unspecified atom stereocenters. The van der Waals surface area contributed by atoms with Crippen molar-refractivity contribution in [2.24, 2.45) is 11.3 Å². The quantitative estimate of drug-likeness (QED) is 0.816. The number of aliphatic hydroxyl groups excluding tert-OH is 1. The minimum Gasteiger partial charge on any atom is -0.393 e. The summed E-state index contributed by atoms with van der Waals surface area (Å²) < 4.78 is 0. The van der Waals surface area contributed by atoms with E-state index in [4.69, 9.17) is 0 Å². The summed E-state index contributed by atoms with van der Waals surface area (Å²) in [6.07, 6.45) is 6.12. The lowest BCUT2D eigenvalue weighted by Gasteiger charge is -2.35. The first-order valence-electron chi connectivity index (χ1n) is 7.19. The summed E-state index contributed by atoms with van der Waals surface area (Å²) in [6.45, 7) is 9.72. The van der Waals surface area contributed by atoms with Crippen LogP contribution in [0.4, 0.5) is 0 Å². The van der Waals surface area contributed by atoms with Crippen molar-refractivity contribution in [3.63, 3.8) is 0 Å². The van der Waals surface area contributed by atoms with E-state index in [1.807, 2.05) is 0 Å². The summed E-state index contributed by atoms with van der Waals surface area (Å²) in [7, 11) is 2.22. The van der Waals surface area contributed by atoms with E-state index in [-0.39, 0.29) is 11.5 Å². The third-order valence-electron chi connectivity index (χ3n) is 4.36. The number of hydrogen-bond donors (Lipinski definition) is 1. The van der Waals surface area contributed by atoms with Gasteiger partial charge in [0, 0.05) is 12.6 Å². The van der Waals surface area contributed by atoms with E-state index >= 15 is 0 Å². The zero-order valence-electron chi connectivity index (χ0n) is 12.4. The summed E-state index contributed by atoms with van der Waals surface area (Å²) in [5, 5.41) is 10.0. The lowest BCUT2D eigenvalue weighted by atomic mass is 9.85. The predicted octanol–water partition coefficient (Wildman–Crippen LogP) is 3.29. The van der Waals surface area contributed by atoms with E-state index < -0.39 is 0 Å². The van der Waals surface area contributed by atoms with Crippen LogP contribution in [0.15, 0.2) is 0 Å². The van der Waals surface area contributed by atoms with Gasteiger partial charge in [-0.25, -0.2) is 0 Å². The molecule has 0 heterocycles. The Balaban J connectivity index is 2.27. The van der Waals surface area contributed by atoms with E-state index in [1.54, 1.807) is 0 Å². The third kappa shape index (κ3) is 4.97. The minimum atomic E-state index is -0.188. The minimum absolute atomic E-state index is 0.0158. The monoisotopic (exact) mass is 241 g/mol. The fourth-order valence-electron chi connectivity index (χ4n) is 2.62. The number of nitrogens with zero attached hydrogens (tertiary/aromatic N) is 1. The molecule has 1 aliphatic carbocycles. The highest BCUT2D eigenvalue weighted by Gasteiger charge is 2.25. The molecule has 0 saturated heterocycles. The Bertz CT molecular complexity index is 213. The molecule has 0 aliphatic heterocycles. The van der Waals surface area contributed by atoms with Crippen LogP contribution in [0.1, 0.15) is 59.8 Å². The van der Waals surface area contributed by atoms with Crippen LogP contribution in [0.5, 0.6) is 0 Å². The molecular weight excluding hydrogens is 210 g/mol. The van der Waals surface area contributed by atoms with Crippen LogP contribution in [0.3, 0.4) is 0 Å². The predicted molar refractivity (Wildman–Crippen MR) is 74.1 cm³/mol. The van der Waals surface area contributed by atoms with Crippen molar-refractivity contribution in [2.45, 2.75) is 71.9 Å². The van der Waals surface area contributed by atoms with Gasteiger partial charge in [-0.05, 0) is 50.5 Å². The highest BCUT2D eigenvalue weighted by atomic mass is 16.3. The summed E-state index contributed by atoms with van der Waals surface area (Å²) >= 11 is 0. The second-order valence-electron chi connectivity index (χ2n) is 7.06. The largest absolute Gasteiger partial charge is 0.393 e. The molecule has 0 aromatic carbocycles. The van der Waals surface area contributed by atoms with Crippen LogP contribution in [0.2, 0.25) is 0 Å². The average molecular weight is 241 g/mol. The van der Waals surface area contributed by atoms with Crippen molar-refractivity contribution in [1.82, 2.24) is 4.90 Å². The van der Waals surface area contributed by atoms with Gasteiger partial charge in [0.2, 0.25) is 0 Å². The molecule has 1 atom stereocenters. The topological polar surface area (TPSA) is 23.5 Å². The molecule has 1 N–H and O–H groups in total. The second kappa shape index (κ2) is 6.19. The molecule has 0 amide bonds. The molecule has 1 fully saturated rings. The molecule has 1 rings (SSSR count). The number of hydrogen-bond acceptors (Lipinski definition) is 2. The van der Waals surface area contributed by atoms with E-state index in [9.17, 15) is 5.11 Å². The van der Waals surface area contributed by atoms with E-state index in [0.717, 1.165) is 24.9 Å². The van der Waals surface area contributed by atoms with Gasteiger partial charge in [-0.1, -0.05) is 27.7 Å². The van der Waals surface area contributed by atoms with Crippen LogP contribution in [0, 0.1) is 11.3 Å². The fourth-order valence-corrected chi connectivity index (χ4v) is 2.62. The fraction of sp³-hybridized carbons (Fsp3) is 1.00. The smallest absolute Gasteiger partial charge is 0.0600 e. The van der Waals surface area contributed by atoms with Gasteiger partial charge < -0.3 is 10.0 Å². The normalized spacial score (nSPS) is 28.4. The first kappa shape index (κ1) is 15.0. The molecule has 0 aromatic rings. The van der Waals surface area contributed by atoms with Gasteiger partial charge in [0.1, 0.15) is 0 Å². The van der Waals surface area contributed by atoms with Gasteiger partial charge in [-0.3, -0.25) is 0 Å². The maximum atomic E-state index is 10.0. The van der Waals surface area contributed by atoms with Crippen molar-refractivity contribution in [2.75, 3.05) is 13.6 Å². The van der Waals surface area contributed by atoms with Gasteiger partial charge >= 0.3 is 0 Å². The van der Waals surface area contributed by atoms with Gasteiger partial charge in [-0.15, -0.1) is 0 Å². The van der Waals surface area contributed by atoms with E-state index in [1.165, 1.54) is 25.7 Å². The van der Waals surface area contributed by atoms with Crippen LogP contribution in [-0.4, -0.2) is 35.7 Å². The third-order valence-corrected chi connectivity index (χ3v) is 4.36. The summed E-state index contributed by atoms with van der Waals surface area (Å²) in [5.74, 6) is 0.916. The highest BCUT2D eigenvalue weighted by Crippen LogP contribution is 2.27. The van der Waals surface area contributed by atoms with Crippen LogP contribution in [-0.2, 0) is 0 Å². The Morgan fingerprint density at radius 3 is 2.18 bits per heavy atom. The Morgan fingerprint density at radius 1 is 1.18 bits per heavy atom. The highest BCUT2D eigenvalue weighted by molar-refractivity contribution is 4.79. The molecule has 0 spiro atoms. The second-order valence-corrected chi connectivity index (χ2v) is 7.06. The summed E-state index contributed by atoms with van der Waals surface area (Å²) in [5.41, 5.74) is 0.0158. The van der Waals surface area contributed by atoms with Gasteiger partial charge in [0.05, 0.1) is 6.10 Å². The zero-order chi connectivity index (χ0) is 13.1.